The maximum absolute atomic E-state index is 11.0. The molecular weight excluding hydrogens is 178 g/mol. The van der Waals surface area contributed by atoms with E-state index in [-0.39, 0.29) is 0 Å². The number of rotatable bonds is 2. The number of carboxylic acid groups (broad SMARTS) is 1. The molecule has 0 aromatic heterocycles. The molecule has 2 rings (SSSR count). The standard InChI is InChI=1S/C11H17NO2/c1-5(2)7-4-8-6(3)9(8)12-10(7)11(13)14/h4-6,8-10,12H,1-3H3,(H,13,14). The molecule has 1 aliphatic heterocycles. The molecule has 1 saturated carbocycles. The van der Waals surface area contributed by atoms with Crippen LogP contribution in [0.15, 0.2) is 11.6 Å². The van der Waals surface area contributed by atoms with Crippen LogP contribution in [0.2, 0.25) is 0 Å². The van der Waals surface area contributed by atoms with Gasteiger partial charge in [0.25, 0.3) is 0 Å². The topological polar surface area (TPSA) is 49.3 Å². The quantitative estimate of drug-likeness (QED) is 0.652. The average molecular weight is 195 g/mol. The summed E-state index contributed by atoms with van der Waals surface area (Å²) in [4.78, 5) is 11.0. The minimum Gasteiger partial charge on any atom is -0.480 e. The zero-order chi connectivity index (χ0) is 10.5. The minimum atomic E-state index is -0.748. The first-order valence-corrected chi connectivity index (χ1v) is 5.23. The van der Waals surface area contributed by atoms with Gasteiger partial charge in [-0.3, -0.25) is 10.1 Å². The van der Waals surface area contributed by atoms with Gasteiger partial charge in [0.2, 0.25) is 0 Å². The van der Waals surface area contributed by atoms with E-state index < -0.39 is 12.0 Å². The maximum Gasteiger partial charge on any atom is 0.325 e. The Morgan fingerprint density at radius 1 is 1.57 bits per heavy atom. The Bertz CT molecular complexity index is 296. The molecule has 4 unspecified atom stereocenters. The molecule has 3 heteroatoms. The van der Waals surface area contributed by atoms with E-state index in [2.05, 4.69) is 32.2 Å². The third-order valence-electron chi connectivity index (χ3n) is 3.44. The molecule has 0 aromatic rings. The van der Waals surface area contributed by atoms with Gasteiger partial charge in [-0.1, -0.05) is 26.8 Å². The van der Waals surface area contributed by atoms with E-state index in [1.54, 1.807) is 0 Å². The number of fused-ring (bicyclic) bond motifs is 1. The predicted octanol–water partition coefficient (Wildman–Crippen LogP) is 1.26. The molecule has 0 spiro atoms. The summed E-state index contributed by atoms with van der Waals surface area (Å²) in [6.45, 7) is 6.27. The second kappa shape index (κ2) is 3.09. The second-order valence-electron chi connectivity index (χ2n) is 4.72. The van der Waals surface area contributed by atoms with Crippen molar-refractivity contribution in [2.45, 2.75) is 32.9 Å². The summed E-state index contributed by atoms with van der Waals surface area (Å²) >= 11 is 0. The van der Waals surface area contributed by atoms with Crippen molar-refractivity contribution in [3.63, 3.8) is 0 Å². The third kappa shape index (κ3) is 1.36. The van der Waals surface area contributed by atoms with Gasteiger partial charge < -0.3 is 5.11 Å². The molecule has 1 fully saturated rings. The largest absolute Gasteiger partial charge is 0.480 e. The van der Waals surface area contributed by atoms with Crippen molar-refractivity contribution in [1.82, 2.24) is 5.32 Å². The fraction of sp³-hybridized carbons (Fsp3) is 0.727. The molecule has 0 aromatic carbocycles. The highest BCUT2D eigenvalue weighted by Crippen LogP contribution is 2.45. The summed E-state index contributed by atoms with van der Waals surface area (Å²) in [7, 11) is 0. The predicted molar refractivity (Wildman–Crippen MR) is 53.9 cm³/mol. The first-order chi connectivity index (χ1) is 6.52. The van der Waals surface area contributed by atoms with Crippen molar-refractivity contribution < 1.29 is 9.90 Å². The Morgan fingerprint density at radius 2 is 2.21 bits per heavy atom. The highest BCUT2D eigenvalue weighted by Gasteiger charge is 2.50. The minimum absolute atomic E-state index is 0.317. The molecule has 0 amide bonds. The summed E-state index contributed by atoms with van der Waals surface area (Å²) in [5, 5.41) is 12.3. The van der Waals surface area contributed by atoms with E-state index >= 15 is 0 Å². The summed E-state index contributed by atoms with van der Waals surface area (Å²) in [6, 6.07) is -0.0557. The Hall–Kier alpha value is -0.830. The summed E-state index contributed by atoms with van der Waals surface area (Å²) < 4.78 is 0. The van der Waals surface area contributed by atoms with Crippen LogP contribution in [0.5, 0.6) is 0 Å². The van der Waals surface area contributed by atoms with E-state index in [0.717, 1.165) is 5.57 Å². The summed E-state index contributed by atoms with van der Waals surface area (Å²) in [6.07, 6.45) is 2.18. The number of carboxylic acids is 1. The van der Waals surface area contributed by atoms with Gasteiger partial charge in [-0.25, -0.2) is 0 Å². The Labute approximate surface area is 84.2 Å². The molecule has 1 aliphatic carbocycles. The Morgan fingerprint density at radius 3 is 2.71 bits per heavy atom. The number of carbonyl (C=O) groups is 1. The van der Waals surface area contributed by atoms with E-state index in [0.29, 0.717) is 23.8 Å². The smallest absolute Gasteiger partial charge is 0.325 e. The highest BCUT2D eigenvalue weighted by atomic mass is 16.4. The molecule has 0 saturated heterocycles. The van der Waals surface area contributed by atoms with Crippen LogP contribution in [-0.4, -0.2) is 23.2 Å². The van der Waals surface area contributed by atoms with Crippen LogP contribution >= 0.6 is 0 Å². The average Bonchev–Trinajstić information content (AvgIpc) is 2.75. The van der Waals surface area contributed by atoms with E-state index in [1.807, 2.05) is 0 Å². The van der Waals surface area contributed by atoms with Crippen LogP contribution in [0, 0.1) is 17.8 Å². The molecule has 78 valence electrons. The van der Waals surface area contributed by atoms with Gasteiger partial charge >= 0.3 is 5.97 Å². The molecule has 0 radical (unpaired) electrons. The highest BCUT2D eigenvalue weighted by molar-refractivity contribution is 5.78. The lowest BCUT2D eigenvalue weighted by Crippen LogP contribution is -2.43. The molecule has 4 atom stereocenters. The van der Waals surface area contributed by atoms with Crippen molar-refractivity contribution in [3.05, 3.63) is 11.6 Å². The van der Waals surface area contributed by atoms with Crippen LogP contribution in [0.4, 0.5) is 0 Å². The first kappa shape index (κ1) is 9.71. The lowest BCUT2D eigenvalue weighted by Gasteiger charge is -2.24. The lowest BCUT2D eigenvalue weighted by atomic mass is 9.92. The van der Waals surface area contributed by atoms with Crippen LogP contribution in [0.3, 0.4) is 0 Å². The van der Waals surface area contributed by atoms with Gasteiger partial charge in [0.15, 0.2) is 0 Å². The first-order valence-electron chi connectivity index (χ1n) is 5.23. The van der Waals surface area contributed by atoms with Crippen LogP contribution in [-0.2, 0) is 4.79 Å². The molecule has 3 nitrogen and oxygen atoms in total. The zero-order valence-electron chi connectivity index (χ0n) is 8.82. The molecule has 1 heterocycles. The van der Waals surface area contributed by atoms with Gasteiger partial charge in [-0.15, -0.1) is 0 Å². The number of nitrogens with one attached hydrogen (secondary N) is 1. The SMILES string of the molecule is CC(C)C1=CC2C(C)C2NC1C(=O)O. The van der Waals surface area contributed by atoms with Gasteiger partial charge in [0.05, 0.1) is 0 Å². The number of hydrogen-bond donors (Lipinski definition) is 2. The second-order valence-corrected chi connectivity index (χ2v) is 4.72. The summed E-state index contributed by atoms with van der Waals surface area (Å²) in [5.41, 5.74) is 1.04. The van der Waals surface area contributed by atoms with E-state index in [4.69, 9.17) is 5.11 Å². The van der Waals surface area contributed by atoms with Gasteiger partial charge in [0, 0.05) is 6.04 Å². The van der Waals surface area contributed by atoms with E-state index in [9.17, 15) is 4.79 Å². The molecule has 2 N–H and O–H groups in total. The van der Waals surface area contributed by atoms with Gasteiger partial charge in [0.1, 0.15) is 6.04 Å². The maximum atomic E-state index is 11.0. The molecule has 0 bridgehead atoms. The van der Waals surface area contributed by atoms with Gasteiger partial charge in [-0.05, 0) is 23.3 Å². The van der Waals surface area contributed by atoms with Crippen molar-refractivity contribution in [3.8, 4) is 0 Å². The normalized spacial score (nSPS) is 40.4. The molecule has 2 aliphatic rings. The number of aliphatic carboxylic acids is 1. The third-order valence-corrected chi connectivity index (χ3v) is 3.44. The Kier molecular flexibility index (Phi) is 2.14. The van der Waals surface area contributed by atoms with Crippen molar-refractivity contribution in [2.75, 3.05) is 0 Å². The van der Waals surface area contributed by atoms with Crippen LogP contribution in [0.1, 0.15) is 20.8 Å². The van der Waals surface area contributed by atoms with Crippen molar-refractivity contribution in [2.24, 2.45) is 17.8 Å². The van der Waals surface area contributed by atoms with Gasteiger partial charge in [-0.2, -0.15) is 0 Å². The van der Waals surface area contributed by atoms with Crippen molar-refractivity contribution >= 4 is 5.97 Å². The zero-order valence-corrected chi connectivity index (χ0v) is 8.82. The number of hydrogen-bond acceptors (Lipinski definition) is 2. The summed E-state index contributed by atoms with van der Waals surface area (Å²) in [5.74, 6) is 0.746. The van der Waals surface area contributed by atoms with Crippen LogP contribution in [0.25, 0.3) is 0 Å². The van der Waals surface area contributed by atoms with E-state index in [1.165, 1.54) is 0 Å². The fourth-order valence-electron chi connectivity index (χ4n) is 2.36. The Balaban J connectivity index is 2.23. The van der Waals surface area contributed by atoms with Crippen molar-refractivity contribution in [1.29, 1.82) is 0 Å². The van der Waals surface area contributed by atoms with Crippen LogP contribution < -0.4 is 5.32 Å². The fourth-order valence-corrected chi connectivity index (χ4v) is 2.36. The molecular formula is C11H17NO2. The molecule has 14 heavy (non-hydrogen) atoms. The monoisotopic (exact) mass is 195 g/mol. The lowest BCUT2D eigenvalue weighted by molar-refractivity contribution is -0.138.